The minimum Gasteiger partial charge on any atom is -0.309 e. The van der Waals surface area contributed by atoms with Gasteiger partial charge in [0, 0.05) is 36.6 Å². The van der Waals surface area contributed by atoms with Crippen LogP contribution in [0.3, 0.4) is 0 Å². The molecule has 0 spiro atoms. The zero-order valence-corrected chi connectivity index (χ0v) is 29.1. The van der Waals surface area contributed by atoms with Gasteiger partial charge >= 0.3 is 0 Å². The molecule has 9 aromatic carbocycles. The molecule has 0 bridgehead atoms. The molecule has 2 heterocycles. The van der Waals surface area contributed by atoms with E-state index in [4.69, 9.17) is 0 Å². The van der Waals surface area contributed by atoms with Crippen molar-refractivity contribution in [3.63, 3.8) is 0 Å². The minimum atomic E-state index is 1.16. The van der Waals surface area contributed by atoms with E-state index >= 15 is 0 Å². The SMILES string of the molecule is c1ccc(-c2c3ccccc3c(-c3cccc(-n4c5ccccc5c5cc(-c6ccc7sc8ccccc8c7c6)ccc54)c3)c3ccccc23)cc1. The number of rotatable bonds is 4. The second-order valence-corrected chi connectivity index (χ2v) is 14.7. The quantitative estimate of drug-likeness (QED) is 0.163. The molecule has 0 unspecified atom stereocenters. The summed E-state index contributed by atoms with van der Waals surface area (Å²) in [7, 11) is 0. The van der Waals surface area contributed by atoms with Gasteiger partial charge in [0.15, 0.2) is 0 Å². The highest BCUT2D eigenvalue weighted by Gasteiger charge is 2.18. The zero-order chi connectivity index (χ0) is 34.2. The maximum absolute atomic E-state index is 2.44. The van der Waals surface area contributed by atoms with E-state index in [0.29, 0.717) is 0 Å². The van der Waals surface area contributed by atoms with Crippen molar-refractivity contribution in [1.82, 2.24) is 4.57 Å². The van der Waals surface area contributed by atoms with Crippen molar-refractivity contribution in [2.45, 2.75) is 0 Å². The Morgan fingerprint density at radius 2 is 0.808 bits per heavy atom. The van der Waals surface area contributed by atoms with Gasteiger partial charge in [-0.05, 0) is 103 Å². The van der Waals surface area contributed by atoms with E-state index < -0.39 is 0 Å². The molecule has 2 aromatic heterocycles. The van der Waals surface area contributed by atoms with Crippen molar-refractivity contribution < 1.29 is 0 Å². The van der Waals surface area contributed by atoms with Crippen molar-refractivity contribution in [1.29, 1.82) is 0 Å². The zero-order valence-electron chi connectivity index (χ0n) is 28.3. The average Bonchev–Trinajstić information content (AvgIpc) is 3.75. The fourth-order valence-corrected chi connectivity index (χ4v) is 9.58. The molecule has 11 rings (SSSR count). The van der Waals surface area contributed by atoms with E-state index in [9.17, 15) is 0 Å². The summed E-state index contributed by atoms with van der Waals surface area (Å²) < 4.78 is 5.11. The molecule has 2 heteroatoms. The molecule has 0 aliphatic carbocycles. The predicted molar refractivity (Wildman–Crippen MR) is 225 cm³/mol. The highest BCUT2D eigenvalue weighted by atomic mass is 32.1. The van der Waals surface area contributed by atoms with E-state index in [2.05, 4.69) is 193 Å². The van der Waals surface area contributed by atoms with Gasteiger partial charge in [-0.1, -0.05) is 140 Å². The molecule has 0 amide bonds. The maximum Gasteiger partial charge on any atom is 0.0541 e. The summed E-state index contributed by atoms with van der Waals surface area (Å²) in [5.74, 6) is 0. The number of aromatic nitrogens is 1. The first-order valence-corrected chi connectivity index (χ1v) is 18.7. The van der Waals surface area contributed by atoms with Crippen LogP contribution in [0.15, 0.2) is 188 Å². The van der Waals surface area contributed by atoms with Crippen LogP contribution in [-0.4, -0.2) is 4.57 Å². The lowest BCUT2D eigenvalue weighted by Crippen LogP contribution is -1.95. The molecule has 0 N–H and O–H groups in total. The number of hydrogen-bond donors (Lipinski definition) is 0. The van der Waals surface area contributed by atoms with Gasteiger partial charge in [0.1, 0.15) is 0 Å². The second-order valence-electron chi connectivity index (χ2n) is 13.7. The summed E-state index contributed by atoms with van der Waals surface area (Å²) in [5, 5.41) is 10.2. The smallest absolute Gasteiger partial charge is 0.0541 e. The lowest BCUT2D eigenvalue weighted by atomic mass is 9.86. The number of hydrogen-bond acceptors (Lipinski definition) is 1. The van der Waals surface area contributed by atoms with Crippen LogP contribution in [0.25, 0.3) is 103 Å². The molecule has 11 aromatic rings. The van der Waals surface area contributed by atoms with Crippen LogP contribution in [0.4, 0.5) is 0 Å². The molecule has 242 valence electrons. The fourth-order valence-electron chi connectivity index (χ4n) is 8.49. The van der Waals surface area contributed by atoms with Crippen LogP contribution in [0, 0.1) is 0 Å². The first-order chi connectivity index (χ1) is 25.8. The highest BCUT2D eigenvalue weighted by molar-refractivity contribution is 7.25. The molecule has 0 aliphatic heterocycles. The number of fused-ring (bicyclic) bond motifs is 8. The van der Waals surface area contributed by atoms with Crippen molar-refractivity contribution in [2.75, 3.05) is 0 Å². The van der Waals surface area contributed by atoms with Crippen LogP contribution < -0.4 is 0 Å². The van der Waals surface area contributed by atoms with Gasteiger partial charge in [-0.3, -0.25) is 0 Å². The predicted octanol–water partition coefficient (Wildman–Crippen LogP) is 14.5. The van der Waals surface area contributed by atoms with Gasteiger partial charge in [0.2, 0.25) is 0 Å². The Kier molecular flexibility index (Phi) is 6.49. The molecule has 0 atom stereocenters. The third-order valence-electron chi connectivity index (χ3n) is 10.8. The molecule has 1 nitrogen and oxygen atoms in total. The Morgan fingerprint density at radius 3 is 1.54 bits per heavy atom. The molecule has 0 fully saturated rings. The number of para-hydroxylation sites is 1. The first kappa shape index (κ1) is 29.3. The Hall–Kier alpha value is -6.48. The first-order valence-electron chi connectivity index (χ1n) is 17.8. The minimum absolute atomic E-state index is 1.16. The molecule has 0 saturated heterocycles. The van der Waals surface area contributed by atoms with E-state index in [0.717, 1.165) is 5.69 Å². The van der Waals surface area contributed by atoms with Gasteiger partial charge in [-0.25, -0.2) is 0 Å². The van der Waals surface area contributed by atoms with Crippen LogP contribution in [0.1, 0.15) is 0 Å². The molecule has 52 heavy (non-hydrogen) atoms. The lowest BCUT2D eigenvalue weighted by Gasteiger charge is -2.18. The Balaban J connectivity index is 1.11. The van der Waals surface area contributed by atoms with E-state index in [1.54, 1.807) is 0 Å². The standard InChI is InChI=1S/C50H31NS/c1-2-13-32(14-3-1)49-39-19-4-6-21-41(39)50(42-22-7-5-20-40(42)49)35-15-12-16-36(29-35)51-45-23-10-8-17-37(45)43-30-33(25-27-46(43)51)34-26-28-48-44(31-34)38-18-9-11-24-47(38)52-48/h1-31H. The molecular formula is C50H31NS. The monoisotopic (exact) mass is 677 g/mol. The summed E-state index contributed by atoms with van der Waals surface area (Å²) >= 11 is 1.87. The van der Waals surface area contributed by atoms with Crippen LogP contribution in [-0.2, 0) is 0 Å². The third-order valence-corrected chi connectivity index (χ3v) is 11.9. The molecule has 0 saturated carbocycles. The summed E-state index contributed by atoms with van der Waals surface area (Å²) in [5.41, 5.74) is 11.1. The number of benzene rings is 9. The largest absolute Gasteiger partial charge is 0.309 e. The van der Waals surface area contributed by atoms with Gasteiger partial charge in [-0.2, -0.15) is 0 Å². The highest BCUT2D eigenvalue weighted by Crippen LogP contribution is 2.45. The van der Waals surface area contributed by atoms with Gasteiger partial charge < -0.3 is 4.57 Å². The molecule has 0 aliphatic rings. The third kappa shape index (κ3) is 4.41. The summed E-state index contributed by atoms with van der Waals surface area (Å²) in [6, 6.07) is 69.2. The lowest BCUT2D eigenvalue weighted by molar-refractivity contribution is 1.18. The van der Waals surface area contributed by atoms with Crippen molar-refractivity contribution in [3.8, 4) is 39.1 Å². The van der Waals surface area contributed by atoms with Crippen molar-refractivity contribution >= 4 is 74.9 Å². The van der Waals surface area contributed by atoms with Crippen LogP contribution in [0.5, 0.6) is 0 Å². The van der Waals surface area contributed by atoms with Gasteiger partial charge in [0.25, 0.3) is 0 Å². The van der Waals surface area contributed by atoms with E-state index in [-0.39, 0.29) is 0 Å². The molecular weight excluding hydrogens is 647 g/mol. The van der Waals surface area contributed by atoms with E-state index in [1.807, 2.05) is 11.3 Å². The fraction of sp³-hybridized carbons (Fsp3) is 0. The van der Waals surface area contributed by atoms with E-state index in [1.165, 1.54) is 96.9 Å². The topological polar surface area (TPSA) is 4.93 Å². The molecule has 0 radical (unpaired) electrons. The van der Waals surface area contributed by atoms with Crippen molar-refractivity contribution in [3.05, 3.63) is 188 Å². The summed E-state index contributed by atoms with van der Waals surface area (Å²) in [4.78, 5) is 0. The second kappa shape index (κ2) is 11.5. The number of nitrogens with zero attached hydrogens (tertiary/aromatic N) is 1. The Labute approximate surface area is 305 Å². The normalized spacial score (nSPS) is 11.8. The summed E-state index contributed by atoms with van der Waals surface area (Å²) in [6.07, 6.45) is 0. The van der Waals surface area contributed by atoms with Crippen LogP contribution in [0.2, 0.25) is 0 Å². The summed E-state index contributed by atoms with van der Waals surface area (Å²) in [6.45, 7) is 0. The average molecular weight is 678 g/mol. The van der Waals surface area contributed by atoms with Gasteiger partial charge in [-0.15, -0.1) is 11.3 Å². The Bertz CT molecular complexity index is 3120. The van der Waals surface area contributed by atoms with Crippen LogP contribution >= 0.6 is 11.3 Å². The number of thiophene rings is 1. The Morgan fingerprint density at radius 1 is 0.288 bits per heavy atom. The maximum atomic E-state index is 2.44. The van der Waals surface area contributed by atoms with Gasteiger partial charge in [0.05, 0.1) is 11.0 Å². The van der Waals surface area contributed by atoms with Crippen molar-refractivity contribution in [2.24, 2.45) is 0 Å².